The van der Waals surface area contributed by atoms with Crippen LogP contribution in [0, 0.1) is 11.6 Å². The zero-order valence-electron chi connectivity index (χ0n) is 12.0. The van der Waals surface area contributed by atoms with Crippen LogP contribution in [-0.2, 0) is 16.1 Å². The lowest BCUT2D eigenvalue weighted by molar-refractivity contribution is -0.130. The largest absolute Gasteiger partial charge is 0.395 e. The highest BCUT2D eigenvalue weighted by atomic mass is 19.2. The summed E-state index contributed by atoms with van der Waals surface area (Å²) in [6.45, 7) is -0.0635. The first kappa shape index (κ1) is 16.4. The Morgan fingerprint density at radius 2 is 2.18 bits per heavy atom. The number of hydrogen-bond donors (Lipinski definition) is 2. The number of likely N-dealkylation sites (tertiary alicyclic amines) is 1. The lowest BCUT2D eigenvalue weighted by atomic mass is 10.1. The van der Waals surface area contributed by atoms with Crippen LogP contribution < -0.4 is 5.32 Å². The van der Waals surface area contributed by atoms with Crippen LogP contribution in [0.3, 0.4) is 0 Å². The summed E-state index contributed by atoms with van der Waals surface area (Å²) < 4.78 is 26.9. The summed E-state index contributed by atoms with van der Waals surface area (Å²) in [4.78, 5) is 25.0. The molecule has 1 aliphatic rings. The predicted octanol–water partition coefficient (Wildman–Crippen LogP) is 0.954. The Balaban J connectivity index is 2.05. The van der Waals surface area contributed by atoms with Gasteiger partial charge < -0.3 is 15.3 Å². The molecule has 22 heavy (non-hydrogen) atoms. The molecule has 2 amide bonds. The molecule has 1 aliphatic heterocycles. The van der Waals surface area contributed by atoms with Crippen LogP contribution >= 0.6 is 0 Å². The Morgan fingerprint density at radius 3 is 2.91 bits per heavy atom. The second kappa shape index (κ2) is 7.31. The second-order valence-corrected chi connectivity index (χ2v) is 5.20. The van der Waals surface area contributed by atoms with E-state index < -0.39 is 11.6 Å². The quantitative estimate of drug-likeness (QED) is 0.822. The topological polar surface area (TPSA) is 69.6 Å². The molecule has 0 bridgehead atoms. The minimum atomic E-state index is -0.967. The van der Waals surface area contributed by atoms with Crippen LogP contribution in [0.5, 0.6) is 0 Å². The molecule has 1 saturated heterocycles. The molecule has 7 heteroatoms. The number of nitrogens with zero attached hydrogens (tertiary/aromatic N) is 1. The highest BCUT2D eigenvalue weighted by Gasteiger charge is 2.32. The molecule has 1 fully saturated rings. The number of benzene rings is 1. The van der Waals surface area contributed by atoms with Gasteiger partial charge in [-0.05, 0) is 12.5 Å². The van der Waals surface area contributed by atoms with Crippen LogP contribution in [0.15, 0.2) is 18.2 Å². The molecule has 2 rings (SSSR count). The van der Waals surface area contributed by atoms with E-state index in [4.69, 9.17) is 5.11 Å². The first-order valence-corrected chi connectivity index (χ1v) is 7.13. The van der Waals surface area contributed by atoms with Crippen molar-refractivity contribution in [3.05, 3.63) is 35.4 Å². The lowest BCUT2D eigenvalue weighted by Gasteiger charge is -2.24. The number of carbonyl (C=O) groups excluding carboxylic acids is 2. The van der Waals surface area contributed by atoms with Crippen LogP contribution in [-0.4, -0.2) is 41.0 Å². The molecular weight excluding hydrogens is 294 g/mol. The highest BCUT2D eigenvalue weighted by Crippen LogP contribution is 2.25. The molecule has 0 saturated carbocycles. The van der Waals surface area contributed by atoms with E-state index >= 15 is 0 Å². The van der Waals surface area contributed by atoms with E-state index in [1.807, 2.05) is 0 Å². The van der Waals surface area contributed by atoms with Crippen molar-refractivity contribution < 1.29 is 23.5 Å². The second-order valence-electron chi connectivity index (χ2n) is 5.20. The number of carbonyl (C=O) groups is 2. The minimum Gasteiger partial charge on any atom is -0.395 e. The van der Waals surface area contributed by atoms with Gasteiger partial charge in [0.05, 0.1) is 6.61 Å². The zero-order valence-corrected chi connectivity index (χ0v) is 12.0. The van der Waals surface area contributed by atoms with Gasteiger partial charge in [-0.1, -0.05) is 12.1 Å². The van der Waals surface area contributed by atoms with Crippen molar-refractivity contribution in [2.45, 2.75) is 31.8 Å². The fourth-order valence-electron chi connectivity index (χ4n) is 2.56. The van der Waals surface area contributed by atoms with Gasteiger partial charge in [0.2, 0.25) is 11.8 Å². The van der Waals surface area contributed by atoms with Crippen molar-refractivity contribution in [1.29, 1.82) is 0 Å². The highest BCUT2D eigenvalue weighted by molar-refractivity contribution is 5.82. The Labute approximate surface area is 126 Å². The van der Waals surface area contributed by atoms with Crippen LogP contribution in [0.4, 0.5) is 8.78 Å². The molecule has 1 aromatic carbocycles. The number of aliphatic hydroxyl groups is 1. The van der Waals surface area contributed by atoms with Crippen molar-refractivity contribution in [3.8, 4) is 0 Å². The molecule has 0 spiro atoms. The maximum atomic E-state index is 13.7. The number of amides is 2. The van der Waals surface area contributed by atoms with E-state index in [2.05, 4.69) is 5.32 Å². The molecule has 2 N–H and O–H groups in total. The smallest absolute Gasteiger partial charge is 0.223 e. The number of aliphatic hydroxyl groups excluding tert-OH is 1. The SMILES string of the molecule is O=C(CC1CCC(=O)N1Cc1cccc(F)c1F)NCCO. The fourth-order valence-corrected chi connectivity index (χ4v) is 2.56. The predicted molar refractivity (Wildman–Crippen MR) is 74.6 cm³/mol. The van der Waals surface area contributed by atoms with E-state index in [-0.39, 0.29) is 56.0 Å². The number of nitrogens with one attached hydrogen (secondary N) is 1. The van der Waals surface area contributed by atoms with Gasteiger partial charge in [0.25, 0.3) is 0 Å². The van der Waals surface area contributed by atoms with Crippen LogP contribution in [0.25, 0.3) is 0 Å². The van der Waals surface area contributed by atoms with E-state index in [0.29, 0.717) is 6.42 Å². The number of rotatable bonds is 6. The number of hydrogen-bond acceptors (Lipinski definition) is 3. The summed E-state index contributed by atoms with van der Waals surface area (Å²) in [6, 6.07) is 3.49. The Kier molecular flexibility index (Phi) is 5.43. The van der Waals surface area contributed by atoms with Gasteiger partial charge in [0, 0.05) is 37.5 Å². The average molecular weight is 312 g/mol. The summed E-state index contributed by atoms with van der Waals surface area (Å²) in [5.41, 5.74) is 0.0935. The van der Waals surface area contributed by atoms with Gasteiger partial charge in [0.15, 0.2) is 11.6 Å². The van der Waals surface area contributed by atoms with Crippen molar-refractivity contribution in [3.63, 3.8) is 0 Å². The molecule has 1 atom stereocenters. The van der Waals surface area contributed by atoms with Gasteiger partial charge in [-0.15, -0.1) is 0 Å². The first-order valence-electron chi connectivity index (χ1n) is 7.13. The molecule has 1 unspecified atom stereocenters. The molecule has 0 aliphatic carbocycles. The lowest BCUT2D eigenvalue weighted by Crippen LogP contribution is -2.37. The molecule has 5 nitrogen and oxygen atoms in total. The fraction of sp³-hybridized carbons (Fsp3) is 0.467. The van der Waals surface area contributed by atoms with E-state index in [1.165, 1.54) is 17.0 Å². The van der Waals surface area contributed by atoms with Gasteiger partial charge in [0.1, 0.15) is 0 Å². The van der Waals surface area contributed by atoms with Crippen molar-refractivity contribution in [2.75, 3.05) is 13.2 Å². The van der Waals surface area contributed by atoms with Gasteiger partial charge in [-0.25, -0.2) is 8.78 Å². The molecule has 1 heterocycles. The van der Waals surface area contributed by atoms with Gasteiger partial charge in [-0.3, -0.25) is 9.59 Å². The summed E-state index contributed by atoms with van der Waals surface area (Å²) in [7, 11) is 0. The maximum absolute atomic E-state index is 13.7. The van der Waals surface area contributed by atoms with Crippen LogP contribution in [0.1, 0.15) is 24.8 Å². The normalized spacial score (nSPS) is 17.9. The molecule has 0 aromatic heterocycles. The van der Waals surface area contributed by atoms with E-state index in [1.54, 1.807) is 0 Å². The summed E-state index contributed by atoms with van der Waals surface area (Å²) in [5.74, 6) is -2.38. The summed E-state index contributed by atoms with van der Waals surface area (Å²) in [5, 5.41) is 11.2. The van der Waals surface area contributed by atoms with Gasteiger partial charge >= 0.3 is 0 Å². The zero-order chi connectivity index (χ0) is 16.1. The Hall–Kier alpha value is -2.02. The standard InChI is InChI=1S/C15H18F2N2O3/c16-12-3-1-2-10(15(12)17)9-19-11(4-5-14(19)22)8-13(21)18-6-7-20/h1-3,11,20H,4-9H2,(H,18,21). The average Bonchev–Trinajstić information content (AvgIpc) is 2.82. The molecular formula is C15H18F2N2O3. The first-order chi connectivity index (χ1) is 10.5. The Morgan fingerprint density at radius 1 is 1.41 bits per heavy atom. The minimum absolute atomic E-state index is 0.0552. The Bertz CT molecular complexity index is 566. The monoisotopic (exact) mass is 312 g/mol. The molecule has 120 valence electrons. The number of halogens is 2. The maximum Gasteiger partial charge on any atom is 0.223 e. The summed E-state index contributed by atoms with van der Waals surface area (Å²) in [6.07, 6.45) is 0.875. The van der Waals surface area contributed by atoms with Crippen molar-refractivity contribution in [2.24, 2.45) is 0 Å². The third-order valence-corrected chi connectivity index (χ3v) is 3.68. The third kappa shape index (κ3) is 3.79. The molecule has 1 aromatic rings. The van der Waals surface area contributed by atoms with Gasteiger partial charge in [-0.2, -0.15) is 0 Å². The third-order valence-electron chi connectivity index (χ3n) is 3.68. The summed E-state index contributed by atoms with van der Waals surface area (Å²) >= 11 is 0. The van der Waals surface area contributed by atoms with E-state index in [0.717, 1.165) is 6.07 Å². The van der Waals surface area contributed by atoms with Crippen LogP contribution in [0.2, 0.25) is 0 Å². The molecule has 0 radical (unpaired) electrons. The van der Waals surface area contributed by atoms with Crippen molar-refractivity contribution >= 4 is 11.8 Å². The van der Waals surface area contributed by atoms with Crippen molar-refractivity contribution in [1.82, 2.24) is 10.2 Å². The van der Waals surface area contributed by atoms with E-state index in [9.17, 15) is 18.4 Å².